The van der Waals surface area contributed by atoms with Crippen molar-refractivity contribution in [3.8, 4) is 5.75 Å². The molecule has 0 unspecified atom stereocenters. The fraction of sp³-hybridized carbons (Fsp3) is 0.364. The molecule has 0 aromatic heterocycles. The molecule has 0 radical (unpaired) electrons. The van der Waals surface area contributed by atoms with Crippen LogP contribution in [0, 0.1) is 0 Å². The monoisotopic (exact) mass is 367 g/mol. The van der Waals surface area contributed by atoms with Crippen LogP contribution in [-0.4, -0.2) is 31.6 Å². The van der Waals surface area contributed by atoms with Crippen molar-refractivity contribution in [2.75, 3.05) is 24.7 Å². The molecule has 0 aliphatic carbocycles. The highest BCUT2D eigenvalue weighted by Crippen LogP contribution is 2.26. The highest BCUT2D eigenvalue weighted by Gasteiger charge is 2.23. The predicted molar refractivity (Wildman–Crippen MR) is 104 cm³/mol. The first kappa shape index (κ1) is 19.0. The standard InChI is InChI=1S/C22H25NO4/c1-16(2)17-9-11-19(12-10-17)26-15-22(25)27-14-21(24)23-13-5-7-18-6-3-4-8-20(18)23/h3-4,6,8-12,16H,5,7,13-15H2,1-2H3. The van der Waals surface area contributed by atoms with Gasteiger partial charge in [0, 0.05) is 12.2 Å². The summed E-state index contributed by atoms with van der Waals surface area (Å²) < 4.78 is 10.5. The zero-order chi connectivity index (χ0) is 19.2. The van der Waals surface area contributed by atoms with Gasteiger partial charge in [-0.2, -0.15) is 0 Å². The van der Waals surface area contributed by atoms with Crippen molar-refractivity contribution < 1.29 is 19.1 Å². The van der Waals surface area contributed by atoms with Gasteiger partial charge in [0.15, 0.2) is 13.2 Å². The quantitative estimate of drug-likeness (QED) is 0.731. The summed E-state index contributed by atoms with van der Waals surface area (Å²) in [5, 5.41) is 0. The first-order valence-electron chi connectivity index (χ1n) is 9.31. The molecule has 0 N–H and O–H groups in total. The van der Waals surface area contributed by atoms with Crippen LogP contribution >= 0.6 is 0 Å². The average Bonchev–Trinajstić information content (AvgIpc) is 2.70. The minimum Gasteiger partial charge on any atom is -0.482 e. The van der Waals surface area contributed by atoms with E-state index < -0.39 is 5.97 Å². The van der Waals surface area contributed by atoms with Crippen molar-refractivity contribution in [1.29, 1.82) is 0 Å². The smallest absolute Gasteiger partial charge is 0.344 e. The van der Waals surface area contributed by atoms with E-state index in [4.69, 9.17) is 9.47 Å². The Bertz CT molecular complexity index is 798. The number of hydrogen-bond acceptors (Lipinski definition) is 4. The lowest BCUT2D eigenvalue weighted by molar-refractivity contribution is -0.149. The number of nitrogens with zero attached hydrogens (tertiary/aromatic N) is 1. The van der Waals surface area contributed by atoms with E-state index in [0.29, 0.717) is 18.2 Å². The van der Waals surface area contributed by atoms with Crippen LogP contribution in [-0.2, 0) is 20.7 Å². The molecule has 0 bridgehead atoms. The van der Waals surface area contributed by atoms with E-state index in [1.54, 1.807) is 4.90 Å². The van der Waals surface area contributed by atoms with Gasteiger partial charge in [-0.25, -0.2) is 4.79 Å². The normalized spacial score (nSPS) is 13.2. The minimum atomic E-state index is -0.554. The van der Waals surface area contributed by atoms with Crippen molar-refractivity contribution in [3.63, 3.8) is 0 Å². The van der Waals surface area contributed by atoms with E-state index in [9.17, 15) is 9.59 Å². The summed E-state index contributed by atoms with van der Waals surface area (Å²) in [6, 6.07) is 15.5. The Morgan fingerprint density at radius 2 is 1.78 bits per heavy atom. The highest BCUT2D eigenvalue weighted by molar-refractivity contribution is 5.96. The van der Waals surface area contributed by atoms with Gasteiger partial charge in [0.25, 0.3) is 5.91 Å². The van der Waals surface area contributed by atoms with E-state index in [1.165, 1.54) is 5.56 Å². The van der Waals surface area contributed by atoms with Crippen LogP contribution in [0.5, 0.6) is 5.75 Å². The number of carbonyl (C=O) groups is 2. The number of carbonyl (C=O) groups excluding carboxylic acids is 2. The molecule has 5 nitrogen and oxygen atoms in total. The summed E-state index contributed by atoms with van der Waals surface area (Å²) in [7, 11) is 0. The van der Waals surface area contributed by atoms with Crippen molar-refractivity contribution in [1.82, 2.24) is 0 Å². The van der Waals surface area contributed by atoms with E-state index in [2.05, 4.69) is 13.8 Å². The molecule has 2 aromatic carbocycles. The first-order chi connectivity index (χ1) is 13.0. The Balaban J connectivity index is 1.47. The average molecular weight is 367 g/mol. The molecular formula is C22H25NO4. The topological polar surface area (TPSA) is 55.8 Å². The second kappa shape index (κ2) is 8.71. The molecule has 0 saturated carbocycles. The lowest BCUT2D eigenvalue weighted by Gasteiger charge is -2.29. The molecule has 3 rings (SSSR count). The largest absolute Gasteiger partial charge is 0.482 e. The SMILES string of the molecule is CC(C)c1ccc(OCC(=O)OCC(=O)N2CCCc3ccccc32)cc1. The van der Waals surface area contributed by atoms with Crippen LogP contribution in [0.3, 0.4) is 0 Å². The van der Waals surface area contributed by atoms with Gasteiger partial charge in [-0.3, -0.25) is 4.79 Å². The van der Waals surface area contributed by atoms with Crippen LogP contribution in [0.4, 0.5) is 5.69 Å². The Morgan fingerprint density at radius 3 is 2.52 bits per heavy atom. The second-order valence-corrected chi connectivity index (χ2v) is 6.95. The van der Waals surface area contributed by atoms with Crippen molar-refractivity contribution in [3.05, 3.63) is 59.7 Å². The molecule has 1 aliphatic rings. The van der Waals surface area contributed by atoms with Gasteiger partial charge in [0.1, 0.15) is 5.75 Å². The first-order valence-corrected chi connectivity index (χ1v) is 9.31. The van der Waals surface area contributed by atoms with Crippen LogP contribution in [0.15, 0.2) is 48.5 Å². The van der Waals surface area contributed by atoms with Crippen LogP contribution in [0.25, 0.3) is 0 Å². The van der Waals surface area contributed by atoms with Gasteiger partial charge in [0.2, 0.25) is 0 Å². The van der Waals surface area contributed by atoms with Gasteiger partial charge in [-0.15, -0.1) is 0 Å². The van der Waals surface area contributed by atoms with Gasteiger partial charge in [-0.05, 0) is 48.1 Å². The number of benzene rings is 2. The van der Waals surface area contributed by atoms with Crippen molar-refractivity contribution in [2.24, 2.45) is 0 Å². The van der Waals surface area contributed by atoms with E-state index in [-0.39, 0.29) is 19.1 Å². The molecule has 0 spiro atoms. The number of para-hydroxylation sites is 1. The Morgan fingerprint density at radius 1 is 1.04 bits per heavy atom. The molecule has 0 fully saturated rings. The maximum absolute atomic E-state index is 12.4. The fourth-order valence-electron chi connectivity index (χ4n) is 3.15. The number of aryl methyl sites for hydroxylation is 1. The van der Waals surface area contributed by atoms with E-state index in [0.717, 1.165) is 24.1 Å². The molecule has 1 aliphatic heterocycles. The third kappa shape index (κ3) is 4.88. The summed E-state index contributed by atoms with van der Waals surface area (Å²) in [4.78, 5) is 26.0. The number of anilines is 1. The Hall–Kier alpha value is -2.82. The third-order valence-corrected chi connectivity index (χ3v) is 4.67. The number of esters is 1. The number of fused-ring (bicyclic) bond motifs is 1. The molecule has 27 heavy (non-hydrogen) atoms. The molecule has 0 saturated heterocycles. The summed E-state index contributed by atoms with van der Waals surface area (Å²) >= 11 is 0. The fourth-order valence-corrected chi connectivity index (χ4v) is 3.15. The van der Waals surface area contributed by atoms with E-state index in [1.807, 2.05) is 48.5 Å². The molecular weight excluding hydrogens is 342 g/mol. The van der Waals surface area contributed by atoms with Crippen LogP contribution in [0.2, 0.25) is 0 Å². The predicted octanol–water partition coefficient (Wildman–Crippen LogP) is 3.71. The molecule has 1 amide bonds. The summed E-state index contributed by atoms with van der Waals surface area (Å²) in [5.41, 5.74) is 3.26. The molecule has 1 heterocycles. The lowest BCUT2D eigenvalue weighted by atomic mass is 10.0. The molecule has 142 valence electrons. The zero-order valence-electron chi connectivity index (χ0n) is 15.8. The van der Waals surface area contributed by atoms with Gasteiger partial charge < -0.3 is 14.4 Å². The number of rotatable bonds is 6. The third-order valence-electron chi connectivity index (χ3n) is 4.67. The summed E-state index contributed by atoms with van der Waals surface area (Å²) in [5.74, 6) is 0.279. The lowest BCUT2D eigenvalue weighted by Crippen LogP contribution is -2.38. The Labute approximate surface area is 159 Å². The van der Waals surface area contributed by atoms with E-state index >= 15 is 0 Å². The number of ether oxygens (including phenoxy) is 2. The van der Waals surface area contributed by atoms with Crippen molar-refractivity contribution in [2.45, 2.75) is 32.6 Å². The number of amides is 1. The summed E-state index contributed by atoms with van der Waals surface area (Å²) in [6.07, 6.45) is 1.87. The maximum atomic E-state index is 12.4. The van der Waals surface area contributed by atoms with Crippen LogP contribution < -0.4 is 9.64 Å². The van der Waals surface area contributed by atoms with Gasteiger partial charge >= 0.3 is 5.97 Å². The molecule has 5 heteroatoms. The molecule has 2 aromatic rings. The minimum absolute atomic E-state index is 0.211. The second-order valence-electron chi connectivity index (χ2n) is 6.95. The summed E-state index contributed by atoms with van der Waals surface area (Å²) in [6.45, 7) is 4.38. The molecule has 0 atom stereocenters. The Kier molecular flexibility index (Phi) is 6.12. The van der Waals surface area contributed by atoms with Gasteiger partial charge in [0.05, 0.1) is 0 Å². The highest BCUT2D eigenvalue weighted by atomic mass is 16.6. The van der Waals surface area contributed by atoms with Crippen LogP contribution in [0.1, 0.15) is 37.3 Å². The maximum Gasteiger partial charge on any atom is 0.344 e. The number of hydrogen-bond donors (Lipinski definition) is 0. The zero-order valence-corrected chi connectivity index (χ0v) is 15.8. The van der Waals surface area contributed by atoms with Gasteiger partial charge in [-0.1, -0.05) is 44.2 Å². The van der Waals surface area contributed by atoms with Crippen molar-refractivity contribution >= 4 is 17.6 Å².